The fourth-order valence-electron chi connectivity index (χ4n) is 4.51. The zero-order chi connectivity index (χ0) is 25.7. The second-order valence-electron chi connectivity index (χ2n) is 8.81. The van der Waals surface area contributed by atoms with Gasteiger partial charge in [-0.3, -0.25) is 9.59 Å². The zero-order valence-electron chi connectivity index (χ0n) is 20.5. The molecule has 10 heteroatoms. The van der Waals surface area contributed by atoms with Crippen molar-refractivity contribution in [2.45, 2.75) is 37.1 Å². The number of sulfone groups is 1. The van der Waals surface area contributed by atoms with Crippen LogP contribution >= 0.6 is 0 Å². The molecule has 2 heterocycles. The summed E-state index contributed by atoms with van der Waals surface area (Å²) in [7, 11) is -1.07. The summed E-state index contributed by atoms with van der Waals surface area (Å²) in [4.78, 5) is 27.6. The zero-order valence-corrected chi connectivity index (χ0v) is 21.3. The third-order valence-electron chi connectivity index (χ3n) is 6.35. The first-order valence-corrected chi connectivity index (χ1v) is 13.6. The summed E-state index contributed by atoms with van der Waals surface area (Å²) < 4.78 is 38.8. The van der Waals surface area contributed by atoms with Gasteiger partial charge >= 0.3 is 0 Å². The predicted octanol–water partition coefficient (Wildman–Crippen LogP) is 3.47. The standard InChI is InChI=1S/C26H31N3O6S/c1-34-19-11-12-23(35-2)21(15-19)27-25(30)18-36(32,33)24-16-29(22-10-6-5-9-20(22)24)17-26(31)28-13-7-3-4-8-14-28/h5-6,9-12,15-16H,3-4,7-8,13-14,17-18H2,1-2H3,(H,27,30). The Morgan fingerprint density at radius 2 is 1.69 bits per heavy atom. The number of methoxy groups -OCH3 is 2. The van der Waals surface area contributed by atoms with E-state index in [1.54, 1.807) is 47.0 Å². The van der Waals surface area contributed by atoms with Crippen LogP contribution in [0.3, 0.4) is 0 Å². The van der Waals surface area contributed by atoms with Crippen molar-refractivity contribution >= 4 is 38.2 Å². The predicted molar refractivity (Wildman–Crippen MR) is 137 cm³/mol. The van der Waals surface area contributed by atoms with E-state index >= 15 is 0 Å². The number of benzene rings is 2. The van der Waals surface area contributed by atoms with Crippen molar-refractivity contribution in [3.05, 3.63) is 48.7 Å². The highest BCUT2D eigenvalue weighted by Gasteiger charge is 2.26. The van der Waals surface area contributed by atoms with Gasteiger partial charge in [-0.05, 0) is 31.0 Å². The second kappa shape index (κ2) is 11.0. The van der Waals surface area contributed by atoms with Crippen molar-refractivity contribution in [1.82, 2.24) is 9.47 Å². The summed E-state index contributed by atoms with van der Waals surface area (Å²) in [6.45, 7) is 1.48. The van der Waals surface area contributed by atoms with Crippen LogP contribution in [0.4, 0.5) is 5.69 Å². The van der Waals surface area contributed by atoms with E-state index in [1.807, 2.05) is 4.90 Å². The number of para-hydroxylation sites is 1. The Morgan fingerprint density at radius 3 is 2.39 bits per heavy atom. The minimum atomic E-state index is -4.02. The topological polar surface area (TPSA) is 107 Å². The van der Waals surface area contributed by atoms with Crippen LogP contribution in [0.2, 0.25) is 0 Å². The smallest absolute Gasteiger partial charge is 0.242 e. The SMILES string of the molecule is COc1ccc(OC)c(NC(=O)CS(=O)(=O)c2cn(CC(=O)N3CCCCCC3)c3ccccc23)c1. The number of nitrogens with one attached hydrogen (secondary N) is 1. The number of hydrogen-bond acceptors (Lipinski definition) is 6. The molecule has 2 amide bonds. The molecular formula is C26H31N3O6S. The summed E-state index contributed by atoms with van der Waals surface area (Å²) in [6.07, 6.45) is 5.65. The van der Waals surface area contributed by atoms with Gasteiger partial charge in [-0.25, -0.2) is 8.42 Å². The van der Waals surface area contributed by atoms with E-state index in [0.717, 1.165) is 38.8 Å². The number of anilines is 1. The maximum atomic E-state index is 13.3. The van der Waals surface area contributed by atoms with Crippen molar-refractivity contribution in [3.8, 4) is 11.5 Å². The molecule has 1 aromatic heterocycles. The Morgan fingerprint density at radius 1 is 0.972 bits per heavy atom. The number of rotatable bonds is 8. The number of ether oxygens (including phenoxy) is 2. The molecule has 2 aromatic carbocycles. The third kappa shape index (κ3) is 5.64. The molecule has 3 aromatic rings. The highest BCUT2D eigenvalue weighted by Crippen LogP contribution is 2.30. The summed E-state index contributed by atoms with van der Waals surface area (Å²) in [5.74, 6) is -0.638. The number of carbonyl (C=O) groups is 2. The van der Waals surface area contributed by atoms with E-state index in [1.165, 1.54) is 20.4 Å². The molecule has 1 fully saturated rings. The average molecular weight is 514 g/mol. The van der Waals surface area contributed by atoms with E-state index in [-0.39, 0.29) is 17.3 Å². The van der Waals surface area contributed by atoms with Gasteiger partial charge in [0.05, 0.1) is 24.8 Å². The fraction of sp³-hybridized carbons (Fsp3) is 0.385. The lowest BCUT2D eigenvalue weighted by molar-refractivity contribution is -0.131. The molecule has 9 nitrogen and oxygen atoms in total. The number of fused-ring (bicyclic) bond motifs is 1. The molecule has 192 valence electrons. The van der Waals surface area contributed by atoms with Gasteiger partial charge in [0.25, 0.3) is 0 Å². The Balaban J connectivity index is 1.57. The lowest BCUT2D eigenvalue weighted by Gasteiger charge is -2.20. The van der Waals surface area contributed by atoms with Crippen molar-refractivity contribution < 1.29 is 27.5 Å². The van der Waals surface area contributed by atoms with Crippen LogP contribution in [0, 0.1) is 0 Å². The summed E-state index contributed by atoms with van der Waals surface area (Å²) >= 11 is 0. The molecule has 0 unspecified atom stereocenters. The highest BCUT2D eigenvalue weighted by molar-refractivity contribution is 7.92. The number of carbonyl (C=O) groups excluding carboxylic acids is 2. The molecule has 4 rings (SSSR count). The van der Waals surface area contributed by atoms with Crippen LogP contribution in [-0.4, -0.2) is 62.8 Å². The minimum absolute atomic E-state index is 0.0227. The van der Waals surface area contributed by atoms with Gasteiger partial charge in [-0.1, -0.05) is 31.0 Å². The third-order valence-corrected chi connectivity index (χ3v) is 7.99. The van der Waals surface area contributed by atoms with Gasteiger partial charge in [-0.2, -0.15) is 0 Å². The minimum Gasteiger partial charge on any atom is -0.497 e. The summed E-state index contributed by atoms with van der Waals surface area (Å²) in [5.41, 5.74) is 0.941. The van der Waals surface area contributed by atoms with Gasteiger partial charge in [0.2, 0.25) is 11.8 Å². The number of likely N-dealkylation sites (tertiary alicyclic amines) is 1. The average Bonchev–Trinajstić information content (AvgIpc) is 3.03. The molecule has 0 radical (unpaired) electrons. The number of amides is 2. The van der Waals surface area contributed by atoms with E-state index in [9.17, 15) is 18.0 Å². The van der Waals surface area contributed by atoms with Crippen LogP contribution in [0.5, 0.6) is 11.5 Å². The molecule has 1 saturated heterocycles. The molecule has 0 spiro atoms. The summed E-state index contributed by atoms with van der Waals surface area (Å²) in [6, 6.07) is 11.9. The largest absolute Gasteiger partial charge is 0.497 e. The maximum Gasteiger partial charge on any atom is 0.242 e. The monoisotopic (exact) mass is 513 g/mol. The molecule has 0 bridgehead atoms. The van der Waals surface area contributed by atoms with Crippen LogP contribution in [0.25, 0.3) is 10.9 Å². The normalized spacial score (nSPS) is 14.3. The van der Waals surface area contributed by atoms with E-state index in [2.05, 4.69) is 5.32 Å². The first kappa shape index (κ1) is 25.6. The van der Waals surface area contributed by atoms with Gasteiger partial charge < -0.3 is 24.3 Å². The van der Waals surface area contributed by atoms with Crippen molar-refractivity contribution in [2.24, 2.45) is 0 Å². The highest BCUT2D eigenvalue weighted by atomic mass is 32.2. The molecular weight excluding hydrogens is 482 g/mol. The molecule has 1 aliphatic rings. The molecule has 36 heavy (non-hydrogen) atoms. The number of aromatic nitrogens is 1. The van der Waals surface area contributed by atoms with Gasteiger partial charge in [0.15, 0.2) is 9.84 Å². The second-order valence-corrected chi connectivity index (χ2v) is 10.8. The Hall–Kier alpha value is -3.53. The van der Waals surface area contributed by atoms with E-state index < -0.39 is 21.5 Å². The quantitative estimate of drug-likeness (QED) is 0.494. The first-order chi connectivity index (χ1) is 17.3. The molecule has 1 aliphatic heterocycles. The van der Waals surface area contributed by atoms with Crippen molar-refractivity contribution in [3.63, 3.8) is 0 Å². The van der Waals surface area contributed by atoms with Gasteiger partial charge in [0.1, 0.15) is 23.8 Å². The maximum absolute atomic E-state index is 13.3. The Labute approximate surface area is 210 Å². The lowest BCUT2D eigenvalue weighted by atomic mass is 10.2. The van der Waals surface area contributed by atoms with E-state index in [4.69, 9.17) is 9.47 Å². The van der Waals surface area contributed by atoms with Crippen LogP contribution < -0.4 is 14.8 Å². The Kier molecular flexibility index (Phi) is 7.83. The molecule has 0 saturated carbocycles. The van der Waals surface area contributed by atoms with Gasteiger partial charge in [-0.15, -0.1) is 0 Å². The van der Waals surface area contributed by atoms with E-state index in [0.29, 0.717) is 28.1 Å². The van der Waals surface area contributed by atoms with Crippen molar-refractivity contribution in [2.75, 3.05) is 38.4 Å². The molecule has 1 N–H and O–H groups in total. The van der Waals surface area contributed by atoms with Crippen LogP contribution in [0.15, 0.2) is 53.6 Å². The molecule has 0 aliphatic carbocycles. The summed E-state index contributed by atoms with van der Waals surface area (Å²) in [5, 5.41) is 3.09. The number of hydrogen-bond donors (Lipinski definition) is 1. The van der Waals surface area contributed by atoms with Crippen LogP contribution in [-0.2, 0) is 26.0 Å². The molecule has 0 atom stereocenters. The van der Waals surface area contributed by atoms with Crippen molar-refractivity contribution in [1.29, 1.82) is 0 Å². The first-order valence-electron chi connectivity index (χ1n) is 11.9. The fourth-order valence-corrected chi connectivity index (χ4v) is 5.87. The number of nitrogens with zero attached hydrogens (tertiary/aromatic N) is 2. The van der Waals surface area contributed by atoms with Crippen LogP contribution in [0.1, 0.15) is 25.7 Å². The van der Waals surface area contributed by atoms with Gasteiger partial charge in [0, 0.05) is 36.3 Å². The Bertz CT molecular complexity index is 1360. The lowest BCUT2D eigenvalue weighted by Crippen LogP contribution is -2.34.